The van der Waals surface area contributed by atoms with E-state index in [0.29, 0.717) is 0 Å². The van der Waals surface area contributed by atoms with Crippen LogP contribution in [-0.2, 0) is 0 Å². The van der Waals surface area contributed by atoms with Gasteiger partial charge < -0.3 is 0 Å². The van der Waals surface area contributed by atoms with Gasteiger partial charge >= 0.3 is 0 Å². The highest BCUT2D eigenvalue weighted by molar-refractivity contribution is 6.31. The molecular weight excluding hydrogens is 633 g/mol. The summed E-state index contributed by atoms with van der Waals surface area (Å²) in [5.41, 5.74) is 10.2. The predicted molar refractivity (Wildman–Crippen MR) is 216 cm³/mol. The summed E-state index contributed by atoms with van der Waals surface area (Å²) < 4.78 is 0. The molecule has 0 saturated carbocycles. The molecule has 7 aromatic carbocycles. The maximum Gasteiger partial charge on any atom is 0.0970 e. The van der Waals surface area contributed by atoms with Crippen LogP contribution in [-0.4, -0.2) is 19.9 Å². The van der Waals surface area contributed by atoms with Crippen LogP contribution in [0.2, 0.25) is 0 Å². The van der Waals surface area contributed by atoms with E-state index in [0.717, 1.165) is 82.5 Å². The van der Waals surface area contributed by atoms with E-state index < -0.39 is 0 Å². The second-order valence-electron chi connectivity index (χ2n) is 13.4. The van der Waals surface area contributed by atoms with Crippen LogP contribution in [0.25, 0.3) is 109 Å². The Morgan fingerprint density at radius 2 is 0.904 bits per heavy atom. The first-order valence-corrected chi connectivity index (χ1v) is 17.6. The van der Waals surface area contributed by atoms with E-state index in [2.05, 4.69) is 145 Å². The smallest absolute Gasteiger partial charge is 0.0970 e. The summed E-state index contributed by atoms with van der Waals surface area (Å²) in [4.78, 5) is 20.0. The predicted octanol–water partition coefficient (Wildman–Crippen LogP) is 12.3. The molecule has 0 atom stereocenters. The molecular formula is C48H28N4. The van der Waals surface area contributed by atoms with Gasteiger partial charge in [0.25, 0.3) is 0 Å². The van der Waals surface area contributed by atoms with E-state index >= 15 is 0 Å². The molecule has 0 aliphatic rings. The molecule has 0 amide bonds. The van der Waals surface area contributed by atoms with Crippen molar-refractivity contribution in [1.29, 1.82) is 0 Å². The van der Waals surface area contributed by atoms with Gasteiger partial charge in [0.05, 0.1) is 27.8 Å². The minimum atomic E-state index is 0.903. The fraction of sp³-hybridized carbons (Fsp3) is 0. The molecule has 0 radical (unpaired) electrons. The lowest BCUT2D eigenvalue weighted by Gasteiger charge is -2.16. The van der Waals surface area contributed by atoms with Gasteiger partial charge in [0.1, 0.15) is 0 Å². The van der Waals surface area contributed by atoms with Crippen molar-refractivity contribution >= 4 is 75.9 Å². The van der Waals surface area contributed by atoms with Crippen LogP contribution in [0.3, 0.4) is 0 Å². The van der Waals surface area contributed by atoms with Gasteiger partial charge in [-0.05, 0) is 62.5 Å². The van der Waals surface area contributed by atoms with Crippen LogP contribution in [0.4, 0.5) is 0 Å². The Morgan fingerprint density at radius 1 is 0.308 bits per heavy atom. The van der Waals surface area contributed by atoms with Gasteiger partial charge in [0, 0.05) is 62.0 Å². The fourth-order valence-corrected chi connectivity index (χ4v) is 8.27. The molecule has 52 heavy (non-hydrogen) atoms. The van der Waals surface area contributed by atoms with Crippen molar-refractivity contribution in [3.63, 3.8) is 0 Å². The second kappa shape index (κ2) is 11.2. The normalized spacial score (nSPS) is 11.8. The molecule has 0 spiro atoms. The maximum absolute atomic E-state index is 5.53. The molecule has 240 valence electrons. The third kappa shape index (κ3) is 4.21. The van der Waals surface area contributed by atoms with Gasteiger partial charge in [0.15, 0.2) is 0 Å². The highest BCUT2D eigenvalue weighted by atomic mass is 14.7. The first kappa shape index (κ1) is 28.8. The van der Waals surface area contributed by atoms with Crippen molar-refractivity contribution in [2.75, 3.05) is 0 Å². The Balaban J connectivity index is 1.13. The van der Waals surface area contributed by atoms with Gasteiger partial charge in [-0.1, -0.05) is 127 Å². The van der Waals surface area contributed by atoms with Crippen molar-refractivity contribution in [3.8, 4) is 33.5 Å². The average molecular weight is 661 g/mol. The lowest BCUT2D eigenvalue weighted by atomic mass is 9.91. The minimum absolute atomic E-state index is 0.903. The molecule has 0 N–H and O–H groups in total. The number of pyridine rings is 4. The number of nitrogens with zero attached hydrogens (tertiary/aromatic N) is 4. The molecule has 0 aliphatic carbocycles. The van der Waals surface area contributed by atoms with E-state index in [1.54, 1.807) is 0 Å². The molecule has 4 nitrogen and oxygen atoms in total. The molecule has 11 rings (SSSR count). The molecule has 11 aromatic rings. The van der Waals surface area contributed by atoms with Gasteiger partial charge in [-0.25, -0.2) is 4.98 Å². The lowest BCUT2D eigenvalue weighted by molar-refractivity contribution is 1.37. The van der Waals surface area contributed by atoms with Gasteiger partial charge in [-0.3, -0.25) is 15.0 Å². The molecule has 4 aromatic heterocycles. The number of hydrogen-bond donors (Lipinski definition) is 0. The van der Waals surface area contributed by atoms with E-state index in [1.165, 1.54) is 26.9 Å². The molecule has 4 heteroatoms. The number of hydrogen-bond acceptors (Lipinski definition) is 4. The zero-order valence-corrected chi connectivity index (χ0v) is 28.0. The third-order valence-electron chi connectivity index (χ3n) is 10.6. The third-order valence-corrected chi connectivity index (χ3v) is 10.6. The van der Waals surface area contributed by atoms with Crippen molar-refractivity contribution in [2.24, 2.45) is 0 Å². The zero-order valence-electron chi connectivity index (χ0n) is 28.0. The summed E-state index contributed by atoms with van der Waals surface area (Å²) in [6, 6.07) is 53.9. The van der Waals surface area contributed by atoms with Crippen LogP contribution in [0.5, 0.6) is 0 Å². The van der Waals surface area contributed by atoms with Crippen LogP contribution in [0.15, 0.2) is 170 Å². The van der Waals surface area contributed by atoms with Crippen molar-refractivity contribution < 1.29 is 0 Å². The zero-order chi connectivity index (χ0) is 34.2. The first-order valence-electron chi connectivity index (χ1n) is 17.6. The summed E-state index contributed by atoms with van der Waals surface area (Å²) in [5.74, 6) is 0. The van der Waals surface area contributed by atoms with Crippen molar-refractivity contribution in [3.05, 3.63) is 170 Å². The minimum Gasteiger partial charge on any atom is -0.256 e. The second-order valence-corrected chi connectivity index (χ2v) is 13.4. The van der Waals surface area contributed by atoms with E-state index in [-0.39, 0.29) is 0 Å². The Kier molecular flexibility index (Phi) is 6.22. The molecule has 0 aliphatic heterocycles. The number of rotatable bonds is 3. The molecule has 0 saturated heterocycles. The topological polar surface area (TPSA) is 51.6 Å². The highest BCUT2D eigenvalue weighted by Crippen LogP contribution is 2.42. The summed E-state index contributed by atoms with van der Waals surface area (Å²) >= 11 is 0. The Labute approximate surface area is 298 Å². The van der Waals surface area contributed by atoms with Crippen molar-refractivity contribution in [1.82, 2.24) is 19.9 Å². The van der Waals surface area contributed by atoms with E-state index in [1.807, 2.05) is 30.7 Å². The number of fused-ring (bicyclic) bond motifs is 12. The Bertz CT molecular complexity index is 3260. The molecule has 4 heterocycles. The summed E-state index contributed by atoms with van der Waals surface area (Å²) in [6.45, 7) is 0. The van der Waals surface area contributed by atoms with Gasteiger partial charge in [0.2, 0.25) is 0 Å². The van der Waals surface area contributed by atoms with Crippen LogP contribution in [0, 0.1) is 0 Å². The number of benzene rings is 7. The Morgan fingerprint density at radius 3 is 1.75 bits per heavy atom. The first-order chi connectivity index (χ1) is 25.8. The van der Waals surface area contributed by atoms with Crippen LogP contribution in [0.1, 0.15) is 0 Å². The average Bonchev–Trinajstić information content (AvgIpc) is 3.22. The Hall–Kier alpha value is -7.04. The molecule has 0 unspecified atom stereocenters. The monoisotopic (exact) mass is 660 g/mol. The summed E-state index contributed by atoms with van der Waals surface area (Å²) in [7, 11) is 0. The summed E-state index contributed by atoms with van der Waals surface area (Å²) in [5, 5.41) is 11.6. The van der Waals surface area contributed by atoms with Crippen LogP contribution < -0.4 is 0 Å². The standard InChI is InChI=1S/C48H28N4/c1-3-15-37-33(13-1)34-14-2-5-17-40(34)47-43(37)38-16-4-6-18-41(38)44(52-47)31-11-7-10-30(28-31)32-22-23-35(39-19-9-26-50-46(32)39)36-24-27-51-48-42(36)21-20-29-12-8-25-49-45(29)48/h1-28H. The van der Waals surface area contributed by atoms with Gasteiger partial charge in [-0.2, -0.15) is 0 Å². The van der Waals surface area contributed by atoms with Crippen LogP contribution >= 0.6 is 0 Å². The SMILES string of the molecule is c1cc(-c2nc3c4ccccc4c4ccccc4c3c3ccccc23)cc(-c2ccc(-c3ccnc4c3ccc3cccnc34)c3cccnc23)c1. The van der Waals surface area contributed by atoms with E-state index in [4.69, 9.17) is 15.0 Å². The van der Waals surface area contributed by atoms with Crippen molar-refractivity contribution in [2.45, 2.75) is 0 Å². The highest BCUT2D eigenvalue weighted by Gasteiger charge is 2.18. The largest absolute Gasteiger partial charge is 0.256 e. The fourth-order valence-electron chi connectivity index (χ4n) is 8.27. The van der Waals surface area contributed by atoms with E-state index in [9.17, 15) is 0 Å². The molecule has 0 fully saturated rings. The molecule has 0 bridgehead atoms. The lowest BCUT2D eigenvalue weighted by Crippen LogP contribution is -1.94. The summed E-state index contributed by atoms with van der Waals surface area (Å²) in [6.07, 6.45) is 5.60. The maximum atomic E-state index is 5.53. The van der Waals surface area contributed by atoms with Gasteiger partial charge in [-0.15, -0.1) is 0 Å². The number of aromatic nitrogens is 4. The quantitative estimate of drug-likeness (QED) is 0.177.